The number of ether oxygens (including phenoxy) is 4. The Labute approximate surface area is 182 Å². The Bertz CT molecular complexity index is 1080. The van der Waals surface area contributed by atoms with Gasteiger partial charge in [0.05, 0.1) is 18.4 Å². The van der Waals surface area contributed by atoms with E-state index in [0.29, 0.717) is 17.2 Å². The van der Waals surface area contributed by atoms with E-state index in [2.05, 4.69) is 10.1 Å². The minimum Gasteiger partial charge on any atom is -0.493 e. The summed E-state index contributed by atoms with van der Waals surface area (Å²) in [6.07, 6.45) is 0. The van der Waals surface area contributed by atoms with Crippen molar-refractivity contribution in [3.63, 3.8) is 0 Å². The van der Waals surface area contributed by atoms with E-state index in [1.807, 2.05) is 18.2 Å². The van der Waals surface area contributed by atoms with Gasteiger partial charge in [0.2, 0.25) is 0 Å². The molecule has 0 aliphatic carbocycles. The number of nitrogens with one attached hydrogen (secondary N) is 1. The summed E-state index contributed by atoms with van der Waals surface area (Å²) in [6, 6.07) is 19.4. The summed E-state index contributed by atoms with van der Waals surface area (Å²) in [5, 5.41) is 2.62. The van der Waals surface area contributed by atoms with Gasteiger partial charge in [-0.3, -0.25) is 4.79 Å². The maximum absolute atomic E-state index is 12.4. The number of hydrogen-bond donors (Lipinski definition) is 1. The number of hydrogen-bond acceptors (Lipinski definition) is 6. The lowest BCUT2D eigenvalue weighted by molar-refractivity contribution is -0.119. The maximum atomic E-state index is 12.4. The van der Waals surface area contributed by atoms with E-state index >= 15 is 0 Å². The molecule has 3 rings (SSSR count). The second-order valence-corrected chi connectivity index (χ2v) is 6.28. The molecule has 0 aromatic heterocycles. The Morgan fingerprint density at radius 3 is 2.34 bits per heavy atom. The second-order valence-electron chi connectivity index (χ2n) is 6.28. The molecule has 0 aliphatic rings. The number of halogens is 2. The number of para-hydroxylation sites is 3. The van der Waals surface area contributed by atoms with Crippen molar-refractivity contribution < 1.29 is 37.3 Å². The van der Waals surface area contributed by atoms with Crippen molar-refractivity contribution in [3.8, 4) is 23.0 Å². The van der Waals surface area contributed by atoms with Crippen molar-refractivity contribution in [1.82, 2.24) is 0 Å². The molecule has 0 spiro atoms. The van der Waals surface area contributed by atoms with E-state index in [-0.39, 0.29) is 17.1 Å². The van der Waals surface area contributed by atoms with E-state index in [4.69, 9.17) is 14.2 Å². The molecule has 0 unspecified atom stereocenters. The molecule has 0 saturated carbocycles. The molecule has 3 aromatic rings. The SMILES string of the molecule is COc1cc(C(=O)OCC(=O)Nc2ccccc2Oc2ccccc2)ccc1OC(F)F. The van der Waals surface area contributed by atoms with E-state index in [1.54, 1.807) is 36.4 Å². The number of benzene rings is 3. The van der Waals surface area contributed by atoms with Gasteiger partial charge >= 0.3 is 12.6 Å². The summed E-state index contributed by atoms with van der Waals surface area (Å²) in [7, 11) is 1.24. The standard InChI is InChI=1S/C23H19F2NO6/c1-29-20-13-15(11-12-19(20)32-23(24)25)22(28)30-14-21(27)26-17-9-5-6-10-18(17)31-16-7-3-2-4-8-16/h2-13,23H,14H2,1H3,(H,26,27). The molecule has 3 aromatic carbocycles. The van der Waals surface area contributed by atoms with E-state index in [0.717, 1.165) is 6.07 Å². The molecular formula is C23H19F2NO6. The van der Waals surface area contributed by atoms with Crippen LogP contribution in [0.1, 0.15) is 10.4 Å². The van der Waals surface area contributed by atoms with Gasteiger partial charge in [0, 0.05) is 0 Å². The number of amides is 1. The summed E-state index contributed by atoms with van der Waals surface area (Å²) in [4.78, 5) is 24.5. The lowest BCUT2D eigenvalue weighted by atomic mass is 10.2. The van der Waals surface area contributed by atoms with Crippen molar-refractivity contribution in [3.05, 3.63) is 78.4 Å². The van der Waals surface area contributed by atoms with Crippen LogP contribution >= 0.6 is 0 Å². The van der Waals surface area contributed by atoms with Crippen molar-refractivity contribution in [2.45, 2.75) is 6.61 Å². The molecule has 0 heterocycles. The fourth-order valence-corrected chi connectivity index (χ4v) is 2.66. The average Bonchev–Trinajstić information content (AvgIpc) is 2.79. The smallest absolute Gasteiger partial charge is 0.387 e. The molecule has 0 atom stereocenters. The number of methoxy groups -OCH3 is 1. The molecule has 0 fully saturated rings. The molecule has 32 heavy (non-hydrogen) atoms. The monoisotopic (exact) mass is 443 g/mol. The van der Waals surface area contributed by atoms with Gasteiger partial charge in [-0.2, -0.15) is 8.78 Å². The summed E-state index contributed by atoms with van der Waals surface area (Å²) in [5.41, 5.74) is 0.400. The number of esters is 1. The molecule has 0 radical (unpaired) electrons. The molecule has 0 aliphatic heterocycles. The van der Waals surface area contributed by atoms with Crippen LogP contribution in [0.2, 0.25) is 0 Å². The van der Waals surface area contributed by atoms with Gasteiger partial charge in [-0.25, -0.2) is 4.79 Å². The van der Waals surface area contributed by atoms with Crippen LogP contribution in [-0.4, -0.2) is 32.2 Å². The highest BCUT2D eigenvalue weighted by Gasteiger charge is 2.16. The van der Waals surface area contributed by atoms with Crippen LogP contribution in [0.3, 0.4) is 0 Å². The van der Waals surface area contributed by atoms with Crippen LogP contribution in [0.4, 0.5) is 14.5 Å². The Morgan fingerprint density at radius 2 is 1.62 bits per heavy atom. The topological polar surface area (TPSA) is 83.1 Å². The molecule has 166 valence electrons. The fraction of sp³-hybridized carbons (Fsp3) is 0.130. The predicted octanol–water partition coefficient (Wildman–Crippen LogP) is 4.88. The third kappa shape index (κ3) is 6.18. The number of carbonyl (C=O) groups is 2. The Balaban J connectivity index is 1.60. The van der Waals surface area contributed by atoms with Crippen LogP contribution in [0, 0.1) is 0 Å². The minimum atomic E-state index is -3.04. The van der Waals surface area contributed by atoms with Crippen LogP contribution < -0.4 is 19.5 Å². The zero-order valence-corrected chi connectivity index (χ0v) is 16.9. The van der Waals surface area contributed by atoms with Crippen LogP contribution in [-0.2, 0) is 9.53 Å². The third-order valence-corrected chi connectivity index (χ3v) is 4.08. The normalized spacial score (nSPS) is 10.4. The molecular weight excluding hydrogens is 424 g/mol. The van der Waals surface area contributed by atoms with Gasteiger partial charge in [-0.05, 0) is 42.5 Å². The Kier molecular flexibility index (Phi) is 7.58. The fourth-order valence-electron chi connectivity index (χ4n) is 2.66. The lowest BCUT2D eigenvalue weighted by Crippen LogP contribution is -2.21. The summed E-state index contributed by atoms with van der Waals surface area (Å²) in [6.45, 7) is -3.62. The lowest BCUT2D eigenvalue weighted by Gasteiger charge is -2.13. The number of rotatable bonds is 9. The van der Waals surface area contributed by atoms with Crippen LogP contribution in [0.25, 0.3) is 0 Å². The summed E-state index contributed by atoms with van der Waals surface area (Å²) >= 11 is 0. The highest BCUT2D eigenvalue weighted by atomic mass is 19.3. The summed E-state index contributed by atoms with van der Waals surface area (Å²) < 4.78 is 44.8. The quantitative estimate of drug-likeness (QED) is 0.475. The highest BCUT2D eigenvalue weighted by Crippen LogP contribution is 2.30. The van der Waals surface area contributed by atoms with Gasteiger partial charge < -0.3 is 24.3 Å². The van der Waals surface area contributed by atoms with Gasteiger partial charge in [0.25, 0.3) is 5.91 Å². The number of anilines is 1. The first-order valence-corrected chi connectivity index (χ1v) is 9.38. The van der Waals surface area contributed by atoms with Crippen molar-refractivity contribution >= 4 is 17.6 Å². The van der Waals surface area contributed by atoms with E-state index in [1.165, 1.54) is 19.2 Å². The predicted molar refractivity (Wildman–Crippen MR) is 111 cm³/mol. The zero-order chi connectivity index (χ0) is 22.9. The van der Waals surface area contributed by atoms with Gasteiger partial charge in [0.1, 0.15) is 5.75 Å². The summed E-state index contributed by atoms with van der Waals surface area (Å²) in [5.74, 6) is -0.725. The minimum absolute atomic E-state index is 0.00378. The first-order chi connectivity index (χ1) is 15.5. The molecule has 0 saturated heterocycles. The molecule has 9 heteroatoms. The van der Waals surface area contributed by atoms with Crippen LogP contribution in [0.15, 0.2) is 72.8 Å². The van der Waals surface area contributed by atoms with Gasteiger partial charge in [-0.1, -0.05) is 30.3 Å². The van der Waals surface area contributed by atoms with Crippen molar-refractivity contribution in [2.24, 2.45) is 0 Å². The molecule has 1 N–H and O–H groups in total. The van der Waals surface area contributed by atoms with E-state index in [9.17, 15) is 18.4 Å². The number of carbonyl (C=O) groups excluding carboxylic acids is 2. The van der Waals surface area contributed by atoms with Gasteiger partial charge in [0.15, 0.2) is 23.9 Å². The number of alkyl halides is 2. The average molecular weight is 443 g/mol. The second kappa shape index (κ2) is 10.8. The van der Waals surface area contributed by atoms with Crippen LogP contribution in [0.5, 0.6) is 23.0 Å². The zero-order valence-electron chi connectivity index (χ0n) is 16.9. The first-order valence-electron chi connectivity index (χ1n) is 9.38. The molecule has 0 bridgehead atoms. The van der Waals surface area contributed by atoms with Crippen molar-refractivity contribution in [1.29, 1.82) is 0 Å². The largest absolute Gasteiger partial charge is 0.493 e. The Hall–Kier alpha value is -4.14. The maximum Gasteiger partial charge on any atom is 0.387 e. The first kappa shape index (κ1) is 22.5. The van der Waals surface area contributed by atoms with Crippen molar-refractivity contribution in [2.75, 3.05) is 19.0 Å². The van der Waals surface area contributed by atoms with Gasteiger partial charge in [-0.15, -0.1) is 0 Å². The highest BCUT2D eigenvalue weighted by molar-refractivity contribution is 5.96. The Morgan fingerprint density at radius 1 is 0.906 bits per heavy atom. The third-order valence-electron chi connectivity index (χ3n) is 4.08. The molecule has 7 nitrogen and oxygen atoms in total. The molecule has 1 amide bonds. The van der Waals surface area contributed by atoms with E-state index < -0.39 is 25.1 Å².